The van der Waals surface area contributed by atoms with E-state index in [1.54, 1.807) is 6.20 Å². The van der Waals surface area contributed by atoms with Gasteiger partial charge in [0.2, 0.25) is 0 Å². The van der Waals surface area contributed by atoms with E-state index in [1.807, 2.05) is 19.3 Å². The van der Waals surface area contributed by atoms with Crippen molar-refractivity contribution in [3.63, 3.8) is 0 Å². The van der Waals surface area contributed by atoms with Crippen LogP contribution in [0.25, 0.3) is 0 Å². The smallest absolute Gasteiger partial charge is 0.0340 e. The van der Waals surface area contributed by atoms with Gasteiger partial charge in [-0.2, -0.15) is 0 Å². The van der Waals surface area contributed by atoms with Gasteiger partial charge in [0.15, 0.2) is 0 Å². The second-order valence-electron chi connectivity index (χ2n) is 4.48. The lowest BCUT2D eigenvalue weighted by Gasteiger charge is -2.17. The monoisotopic (exact) mass is 241 g/mol. The number of aromatic nitrogens is 1. The lowest BCUT2D eigenvalue weighted by molar-refractivity contribution is 0.319. The first-order valence-electron chi connectivity index (χ1n) is 6.12. The fourth-order valence-corrected chi connectivity index (χ4v) is 2.00. The lowest BCUT2D eigenvalue weighted by atomic mass is 10.2. The molecule has 0 aliphatic rings. The summed E-state index contributed by atoms with van der Waals surface area (Å²) in [6.07, 6.45) is 3.72. The molecule has 1 heterocycles. The lowest BCUT2D eigenvalue weighted by Crippen LogP contribution is -2.17. The van der Waals surface area contributed by atoms with Crippen LogP contribution in [0.15, 0.2) is 48.8 Å². The van der Waals surface area contributed by atoms with E-state index in [1.165, 1.54) is 11.1 Å². The Morgan fingerprint density at radius 2 is 1.89 bits per heavy atom. The van der Waals surface area contributed by atoms with E-state index in [0.717, 1.165) is 18.8 Å². The number of pyridine rings is 1. The maximum Gasteiger partial charge on any atom is 0.0340 e. The zero-order valence-corrected chi connectivity index (χ0v) is 10.9. The molecule has 0 bridgehead atoms. The molecule has 0 amide bonds. The summed E-state index contributed by atoms with van der Waals surface area (Å²) in [6, 6.07) is 12.6. The van der Waals surface area contributed by atoms with Gasteiger partial charge in [-0.25, -0.2) is 0 Å². The van der Waals surface area contributed by atoms with Crippen molar-refractivity contribution in [3.05, 3.63) is 59.9 Å². The topological polar surface area (TPSA) is 28.2 Å². The molecule has 0 aliphatic heterocycles. The van der Waals surface area contributed by atoms with Gasteiger partial charge in [-0.3, -0.25) is 9.88 Å². The number of nitrogens with one attached hydrogen (secondary N) is 1. The second-order valence-corrected chi connectivity index (χ2v) is 4.48. The van der Waals surface area contributed by atoms with Crippen LogP contribution in [-0.2, 0) is 13.1 Å². The van der Waals surface area contributed by atoms with Crippen LogP contribution < -0.4 is 5.32 Å². The van der Waals surface area contributed by atoms with Crippen LogP contribution in [0, 0.1) is 0 Å². The fourth-order valence-electron chi connectivity index (χ4n) is 2.00. The first-order valence-corrected chi connectivity index (χ1v) is 6.12. The number of nitrogens with zero attached hydrogens (tertiary/aromatic N) is 2. The molecule has 0 saturated heterocycles. The van der Waals surface area contributed by atoms with E-state index in [0.29, 0.717) is 0 Å². The van der Waals surface area contributed by atoms with Crippen molar-refractivity contribution in [1.29, 1.82) is 0 Å². The minimum Gasteiger partial charge on any atom is -0.388 e. The number of rotatable bonds is 5. The molecule has 0 atom stereocenters. The molecule has 0 fully saturated rings. The van der Waals surface area contributed by atoms with Gasteiger partial charge in [-0.05, 0) is 36.4 Å². The van der Waals surface area contributed by atoms with Crippen molar-refractivity contribution in [2.45, 2.75) is 13.1 Å². The summed E-state index contributed by atoms with van der Waals surface area (Å²) in [7, 11) is 4.07. The van der Waals surface area contributed by atoms with Gasteiger partial charge >= 0.3 is 0 Å². The standard InChI is InChI=1S/C15H19N3/c1-16-15-7-3-5-13(9-15)11-18(2)12-14-6-4-8-17-10-14/h3-10,16H,11-12H2,1-2H3. The van der Waals surface area contributed by atoms with Gasteiger partial charge in [0.25, 0.3) is 0 Å². The molecule has 0 spiro atoms. The summed E-state index contributed by atoms with van der Waals surface area (Å²) in [5.74, 6) is 0. The van der Waals surface area contributed by atoms with Crippen molar-refractivity contribution >= 4 is 5.69 Å². The summed E-state index contributed by atoms with van der Waals surface area (Å²) in [6.45, 7) is 1.85. The molecule has 1 aromatic heterocycles. The predicted molar refractivity (Wildman–Crippen MR) is 75.4 cm³/mol. The zero-order valence-electron chi connectivity index (χ0n) is 10.9. The Labute approximate surface area is 108 Å². The largest absolute Gasteiger partial charge is 0.388 e. The Hall–Kier alpha value is -1.87. The molecule has 3 nitrogen and oxygen atoms in total. The van der Waals surface area contributed by atoms with Crippen molar-refractivity contribution in [2.24, 2.45) is 0 Å². The molecule has 3 heteroatoms. The number of benzene rings is 1. The minimum absolute atomic E-state index is 0.914. The van der Waals surface area contributed by atoms with Crippen LogP contribution >= 0.6 is 0 Å². The highest BCUT2D eigenvalue weighted by Gasteiger charge is 2.02. The van der Waals surface area contributed by atoms with Gasteiger partial charge < -0.3 is 5.32 Å². The first kappa shape index (κ1) is 12.6. The quantitative estimate of drug-likeness (QED) is 0.872. The van der Waals surface area contributed by atoms with Gasteiger partial charge in [0.1, 0.15) is 0 Å². The highest BCUT2D eigenvalue weighted by atomic mass is 15.1. The zero-order chi connectivity index (χ0) is 12.8. The minimum atomic E-state index is 0.914. The van der Waals surface area contributed by atoms with Gasteiger partial charge in [0.05, 0.1) is 0 Å². The molecule has 1 aromatic carbocycles. The molecule has 2 aromatic rings. The number of hydrogen-bond donors (Lipinski definition) is 1. The van der Waals surface area contributed by atoms with Crippen molar-refractivity contribution < 1.29 is 0 Å². The molecule has 2 rings (SSSR count). The molecule has 94 valence electrons. The summed E-state index contributed by atoms with van der Waals surface area (Å²) in [5, 5.41) is 3.16. The third kappa shape index (κ3) is 3.57. The fraction of sp³-hybridized carbons (Fsp3) is 0.267. The molecule has 18 heavy (non-hydrogen) atoms. The first-order chi connectivity index (χ1) is 8.78. The normalized spacial score (nSPS) is 10.6. The molecule has 0 saturated carbocycles. The van der Waals surface area contributed by atoms with Gasteiger partial charge in [-0.1, -0.05) is 18.2 Å². The van der Waals surface area contributed by atoms with E-state index in [2.05, 4.69) is 52.6 Å². The molecule has 0 radical (unpaired) electrons. The van der Waals surface area contributed by atoms with E-state index in [-0.39, 0.29) is 0 Å². The van der Waals surface area contributed by atoms with Gasteiger partial charge in [0, 0.05) is 38.2 Å². The third-order valence-corrected chi connectivity index (χ3v) is 2.84. The highest BCUT2D eigenvalue weighted by molar-refractivity contribution is 5.44. The second kappa shape index (κ2) is 6.17. The maximum atomic E-state index is 4.14. The summed E-state index contributed by atoms with van der Waals surface area (Å²) in [4.78, 5) is 6.42. The van der Waals surface area contributed by atoms with Crippen LogP contribution in [0.2, 0.25) is 0 Å². The number of hydrogen-bond acceptors (Lipinski definition) is 3. The number of anilines is 1. The summed E-state index contributed by atoms with van der Waals surface area (Å²) < 4.78 is 0. The van der Waals surface area contributed by atoms with E-state index >= 15 is 0 Å². The van der Waals surface area contributed by atoms with E-state index < -0.39 is 0 Å². The Morgan fingerprint density at radius 1 is 1.11 bits per heavy atom. The van der Waals surface area contributed by atoms with Crippen LogP contribution in [0.3, 0.4) is 0 Å². The Bertz CT molecular complexity index is 482. The van der Waals surface area contributed by atoms with Crippen LogP contribution in [0.1, 0.15) is 11.1 Å². The maximum absolute atomic E-state index is 4.14. The predicted octanol–water partition coefficient (Wildman–Crippen LogP) is 2.76. The highest BCUT2D eigenvalue weighted by Crippen LogP contribution is 2.12. The molecule has 1 N–H and O–H groups in total. The van der Waals surface area contributed by atoms with E-state index in [9.17, 15) is 0 Å². The van der Waals surface area contributed by atoms with Gasteiger partial charge in [-0.15, -0.1) is 0 Å². The van der Waals surface area contributed by atoms with Crippen LogP contribution in [0.4, 0.5) is 5.69 Å². The molecular weight excluding hydrogens is 222 g/mol. The SMILES string of the molecule is CNc1cccc(CN(C)Cc2cccnc2)c1. The summed E-state index contributed by atoms with van der Waals surface area (Å²) >= 11 is 0. The average molecular weight is 241 g/mol. The average Bonchev–Trinajstić information content (AvgIpc) is 2.40. The molecular formula is C15H19N3. The van der Waals surface area contributed by atoms with Crippen LogP contribution in [-0.4, -0.2) is 24.0 Å². The molecule has 0 aliphatic carbocycles. The van der Waals surface area contributed by atoms with Crippen molar-refractivity contribution in [1.82, 2.24) is 9.88 Å². The summed E-state index contributed by atoms with van der Waals surface area (Å²) in [5.41, 5.74) is 3.71. The van der Waals surface area contributed by atoms with Crippen LogP contribution in [0.5, 0.6) is 0 Å². The Balaban J connectivity index is 1.96. The third-order valence-electron chi connectivity index (χ3n) is 2.84. The Morgan fingerprint density at radius 3 is 2.61 bits per heavy atom. The molecule has 0 unspecified atom stereocenters. The van der Waals surface area contributed by atoms with E-state index in [4.69, 9.17) is 0 Å². The Kier molecular flexibility index (Phi) is 4.31. The van der Waals surface area contributed by atoms with Crippen molar-refractivity contribution in [2.75, 3.05) is 19.4 Å². The van der Waals surface area contributed by atoms with Crippen molar-refractivity contribution in [3.8, 4) is 0 Å².